The number of nitrogens with zero attached hydrogens (tertiary/aromatic N) is 1. The smallest absolute Gasteiger partial charge is 0.219 e. The Morgan fingerprint density at radius 1 is 0.909 bits per heavy atom. The number of phenolic OH excluding ortho intramolecular Hbond substituents is 2. The molecular formula is C17H12FNO3. The maximum atomic E-state index is 13.0. The van der Waals surface area contributed by atoms with E-state index >= 15 is 0 Å². The average molecular weight is 297 g/mol. The first-order valence-electron chi connectivity index (χ1n) is 6.55. The third kappa shape index (κ3) is 2.98. The molecule has 0 atom stereocenters. The standard InChI is InChI=1S/C17H12FNO3/c18-14-8-7-13(10-16(14)21)22-17-6-2-5-15(19-17)11-3-1-4-12(20)9-11/h1-10,20-21H. The van der Waals surface area contributed by atoms with Gasteiger partial charge in [-0.15, -0.1) is 0 Å². The summed E-state index contributed by atoms with van der Waals surface area (Å²) in [5.74, 6) is -0.476. The molecule has 3 rings (SSSR count). The van der Waals surface area contributed by atoms with Crippen LogP contribution in [0.15, 0.2) is 60.7 Å². The first kappa shape index (κ1) is 13.9. The molecule has 3 aromatic rings. The van der Waals surface area contributed by atoms with Crippen molar-refractivity contribution in [1.29, 1.82) is 0 Å². The van der Waals surface area contributed by atoms with Crippen LogP contribution in [0.1, 0.15) is 0 Å². The molecule has 4 nitrogen and oxygen atoms in total. The Bertz CT molecular complexity index is 821. The summed E-state index contributed by atoms with van der Waals surface area (Å²) in [7, 11) is 0. The summed E-state index contributed by atoms with van der Waals surface area (Å²) in [5.41, 5.74) is 1.37. The van der Waals surface area contributed by atoms with Gasteiger partial charge >= 0.3 is 0 Å². The number of phenols is 2. The van der Waals surface area contributed by atoms with Gasteiger partial charge in [-0.2, -0.15) is 0 Å². The van der Waals surface area contributed by atoms with Gasteiger partial charge in [0.1, 0.15) is 11.5 Å². The highest BCUT2D eigenvalue weighted by Gasteiger charge is 2.06. The van der Waals surface area contributed by atoms with E-state index in [-0.39, 0.29) is 11.5 Å². The highest BCUT2D eigenvalue weighted by atomic mass is 19.1. The van der Waals surface area contributed by atoms with E-state index in [9.17, 15) is 14.6 Å². The minimum atomic E-state index is -0.714. The van der Waals surface area contributed by atoms with Crippen LogP contribution < -0.4 is 4.74 Å². The normalized spacial score (nSPS) is 10.4. The Labute approximate surface area is 126 Å². The van der Waals surface area contributed by atoms with Gasteiger partial charge in [-0.1, -0.05) is 18.2 Å². The summed E-state index contributed by atoms with van der Waals surface area (Å²) in [6, 6.07) is 15.6. The van der Waals surface area contributed by atoms with E-state index < -0.39 is 11.6 Å². The zero-order chi connectivity index (χ0) is 15.5. The minimum absolute atomic E-state index is 0.147. The Kier molecular flexibility index (Phi) is 3.62. The van der Waals surface area contributed by atoms with Crippen LogP contribution in [-0.2, 0) is 0 Å². The zero-order valence-electron chi connectivity index (χ0n) is 11.4. The molecular weight excluding hydrogens is 285 g/mol. The van der Waals surface area contributed by atoms with Crippen molar-refractivity contribution in [3.8, 4) is 34.4 Å². The van der Waals surface area contributed by atoms with Crippen molar-refractivity contribution in [3.63, 3.8) is 0 Å². The van der Waals surface area contributed by atoms with Crippen LogP contribution in [0.25, 0.3) is 11.3 Å². The number of aromatic nitrogens is 1. The molecule has 0 amide bonds. The molecule has 0 unspecified atom stereocenters. The molecule has 0 radical (unpaired) electrons. The van der Waals surface area contributed by atoms with E-state index in [0.717, 1.165) is 11.6 Å². The topological polar surface area (TPSA) is 62.6 Å². The molecule has 2 aromatic carbocycles. The number of ether oxygens (including phenoxy) is 1. The van der Waals surface area contributed by atoms with Gasteiger partial charge in [0.15, 0.2) is 11.6 Å². The lowest BCUT2D eigenvalue weighted by molar-refractivity contribution is 0.418. The lowest BCUT2D eigenvalue weighted by Gasteiger charge is -2.07. The van der Waals surface area contributed by atoms with Gasteiger partial charge in [0.2, 0.25) is 5.88 Å². The Balaban J connectivity index is 1.89. The van der Waals surface area contributed by atoms with E-state index in [0.29, 0.717) is 11.6 Å². The number of hydrogen-bond donors (Lipinski definition) is 2. The van der Waals surface area contributed by atoms with E-state index in [1.54, 1.807) is 36.4 Å². The second-order valence-corrected chi connectivity index (χ2v) is 4.63. The second-order valence-electron chi connectivity index (χ2n) is 4.63. The van der Waals surface area contributed by atoms with E-state index in [4.69, 9.17) is 4.74 Å². The molecule has 5 heteroatoms. The fraction of sp³-hybridized carbons (Fsp3) is 0. The number of aromatic hydroxyl groups is 2. The van der Waals surface area contributed by atoms with Gasteiger partial charge in [-0.3, -0.25) is 0 Å². The quantitative estimate of drug-likeness (QED) is 0.764. The predicted molar refractivity (Wildman–Crippen MR) is 79.5 cm³/mol. The number of halogens is 1. The van der Waals surface area contributed by atoms with Gasteiger partial charge in [-0.05, 0) is 30.3 Å². The van der Waals surface area contributed by atoms with Crippen molar-refractivity contribution in [1.82, 2.24) is 4.98 Å². The summed E-state index contributed by atoms with van der Waals surface area (Å²) in [6.07, 6.45) is 0. The summed E-state index contributed by atoms with van der Waals surface area (Å²) >= 11 is 0. The van der Waals surface area contributed by atoms with Crippen molar-refractivity contribution < 1.29 is 19.3 Å². The molecule has 2 N–H and O–H groups in total. The highest BCUT2D eigenvalue weighted by molar-refractivity contribution is 5.61. The van der Waals surface area contributed by atoms with Crippen molar-refractivity contribution in [2.75, 3.05) is 0 Å². The van der Waals surface area contributed by atoms with Crippen LogP contribution in [0.5, 0.6) is 23.1 Å². The van der Waals surface area contributed by atoms with Gasteiger partial charge < -0.3 is 14.9 Å². The zero-order valence-corrected chi connectivity index (χ0v) is 11.4. The van der Waals surface area contributed by atoms with Crippen molar-refractivity contribution in [2.45, 2.75) is 0 Å². The lowest BCUT2D eigenvalue weighted by Crippen LogP contribution is -1.90. The number of pyridine rings is 1. The third-order valence-electron chi connectivity index (χ3n) is 3.01. The Morgan fingerprint density at radius 3 is 2.50 bits per heavy atom. The SMILES string of the molecule is Oc1cccc(-c2cccc(Oc3ccc(F)c(O)c3)n2)c1. The summed E-state index contributed by atoms with van der Waals surface area (Å²) in [5, 5.41) is 18.9. The van der Waals surface area contributed by atoms with Crippen LogP contribution in [0, 0.1) is 5.82 Å². The van der Waals surface area contributed by atoms with Gasteiger partial charge in [-0.25, -0.2) is 9.37 Å². The molecule has 0 saturated carbocycles. The largest absolute Gasteiger partial charge is 0.508 e. The van der Waals surface area contributed by atoms with Gasteiger partial charge in [0.25, 0.3) is 0 Å². The van der Waals surface area contributed by atoms with Crippen molar-refractivity contribution >= 4 is 0 Å². The summed E-state index contributed by atoms with van der Waals surface area (Å²) in [6.45, 7) is 0. The molecule has 0 aliphatic carbocycles. The third-order valence-corrected chi connectivity index (χ3v) is 3.01. The maximum Gasteiger partial charge on any atom is 0.219 e. The fourth-order valence-electron chi connectivity index (χ4n) is 1.97. The molecule has 1 aromatic heterocycles. The molecule has 110 valence electrons. The minimum Gasteiger partial charge on any atom is -0.508 e. The average Bonchev–Trinajstić information content (AvgIpc) is 2.51. The van der Waals surface area contributed by atoms with Gasteiger partial charge in [0.05, 0.1) is 5.69 Å². The number of benzene rings is 2. The van der Waals surface area contributed by atoms with Crippen LogP contribution in [0.2, 0.25) is 0 Å². The van der Waals surface area contributed by atoms with Crippen molar-refractivity contribution in [2.24, 2.45) is 0 Å². The lowest BCUT2D eigenvalue weighted by atomic mass is 10.1. The molecule has 0 aliphatic heterocycles. The monoisotopic (exact) mass is 297 g/mol. The molecule has 0 saturated heterocycles. The first-order valence-corrected chi connectivity index (χ1v) is 6.55. The molecule has 1 heterocycles. The maximum absolute atomic E-state index is 13.0. The van der Waals surface area contributed by atoms with E-state index in [1.165, 1.54) is 12.1 Å². The molecule has 22 heavy (non-hydrogen) atoms. The highest BCUT2D eigenvalue weighted by Crippen LogP contribution is 2.28. The van der Waals surface area contributed by atoms with Crippen LogP contribution in [0.3, 0.4) is 0 Å². The molecule has 0 spiro atoms. The molecule has 0 bridgehead atoms. The van der Waals surface area contributed by atoms with Crippen LogP contribution >= 0.6 is 0 Å². The van der Waals surface area contributed by atoms with Crippen molar-refractivity contribution in [3.05, 3.63) is 66.5 Å². The van der Waals surface area contributed by atoms with Gasteiger partial charge in [0, 0.05) is 17.7 Å². The second kappa shape index (κ2) is 5.73. The summed E-state index contributed by atoms with van der Waals surface area (Å²) < 4.78 is 18.5. The van der Waals surface area contributed by atoms with E-state index in [2.05, 4.69) is 4.98 Å². The predicted octanol–water partition coefficient (Wildman–Crippen LogP) is 4.09. The van der Waals surface area contributed by atoms with Crippen LogP contribution in [0.4, 0.5) is 4.39 Å². The number of hydrogen-bond acceptors (Lipinski definition) is 4. The molecule has 0 fully saturated rings. The molecule has 0 aliphatic rings. The summed E-state index contributed by atoms with van der Waals surface area (Å²) in [4.78, 5) is 4.32. The van der Waals surface area contributed by atoms with E-state index in [1.807, 2.05) is 6.07 Å². The Hall–Kier alpha value is -3.08. The number of rotatable bonds is 3. The Morgan fingerprint density at radius 2 is 1.73 bits per heavy atom. The van der Waals surface area contributed by atoms with Crippen LogP contribution in [-0.4, -0.2) is 15.2 Å². The fourth-order valence-corrected chi connectivity index (χ4v) is 1.97. The first-order chi connectivity index (χ1) is 10.6.